The number of carbonyl (C=O) groups excluding carboxylic acids is 1. The van der Waals surface area contributed by atoms with E-state index in [0.29, 0.717) is 5.69 Å². The van der Waals surface area contributed by atoms with Gasteiger partial charge in [0.2, 0.25) is 0 Å². The van der Waals surface area contributed by atoms with Crippen LogP contribution in [0.3, 0.4) is 0 Å². The van der Waals surface area contributed by atoms with Gasteiger partial charge in [0.05, 0.1) is 6.10 Å². The van der Waals surface area contributed by atoms with Crippen molar-refractivity contribution in [3.8, 4) is 0 Å². The Morgan fingerprint density at radius 1 is 1.22 bits per heavy atom. The Bertz CT molecular complexity index is 857. The van der Waals surface area contributed by atoms with Gasteiger partial charge in [0.25, 0.3) is 5.91 Å². The third-order valence-electron chi connectivity index (χ3n) is 3.90. The molecule has 0 bridgehead atoms. The predicted octanol–water partition coefficient (Wildman–Crippen LogP) is 2.78. The van der Waals surface area contributed by atoms with Gasteiger partial charge in [-0.25, -0.2) is 4.39 Å². The number of benzene rings is 2. The molecular weight excluding hydrogens is 295 g/mol. The highest BCUT2D eigenvalue weighted by Gasteiger charge is 2.16. The van der Waals surface area contributed by atoms with Crippen LogP contribution in [0.1, 0.15) is 22.2 Å². The van der Waals surface area contributed by atoms with Crippen molar-refractivity contribution in [2.75, 3.05) is 6.54 Å². The number of aliphatic hydroxyl groups excluding tert-OH is 1. The van der Waals surface area contributed by atoms with Crippen LogP contribution in [0.5, 0.6) is 0 Å². The van der Waals surface area contributed by atoms with Gasteiger partial charge in [-0.1, -0.05) is 36.4 Å². The second-order valence-corrected chi connectivity index (χ2v) is 5.39. The third kappa shape index (κ3) is 2.96. The smallest absolute Gasteiger partial charge is 0.268 e. The number of aromatic nitrogens is 1. The minimum atomic E-state index is -1.09. The summed E-state index contributed by atoms with van der Waals surface area (Å²) in [6.45, 7) is -0.0543. The molecule has 118 valence electrons. The Balaban J connectivity index is 1.74. The topological polar surface area (TPSA) is 54.3 Å². The SMILES string of the molecule is Cn1c(C(=O)NCC(O)c2ccccc2F)cc2ccccc21. The van der Waals surface area contributed by atoms with Gasteiger partial charge in [0.1, 0.15) is 11.5 Å². The van der Waals surface area contributed by atoms with Crippen LogP contribution in [-0.2, 0) is 7.05 Å². The average molecular weight is 312 g/mol. The molecule has 0 aliphatic rings. The molecule has 3 rings (SSSR count). The van der Waals surface area contributed by atoms with E-state index in [9.17, 15) is 14.3 Å². The first-order valence-electron chi connectivity index (χ1n) is 7.33. The molecule has 0 spiro atoms. The second-order valence-electron chi connectivity index (χ2n) is 5.39. The number of nitrogens with one attached hydrogen (secondary N) is 1. The molecule has 0 aliphatic heterocycles. The molecule has 0 fully saturated rings. The molecule has 2 aromatic carbocycles. The van der Waals surface area contributed by atoms with Gasteiger partial charge < -0.3 is 15.0 Å². The zero-order valence-corrected chi connectivity index (χ0v) is 12.7. The van der Waals surface area contributed by atoms with E-state index in [0.717, 1.165) is 10.9 Å². The lowest BCUT2D eigenvalue weighted by Gasteiger charge is -2.13. The molecule has 0 saturated carbocycles. The first kappa shape index (κ1) is 15.2. The third-order valence-corrected chi connectivity index (χ3v) is 3.90. The summed E-state index contributed by atoms with van der Waals surface area (Å²) in [5.74, 6) is -0.794. The summed E-state index contributed by atoms with van der Waals surface area (Å²) in [5, 5.41) is 13.7. The van der Waals surface area contributed by atoms with Gasteiger partial charge >= 0.3 is 0 Å². The van der Waals surface area contributed by atoms with E-state index in [1.807, 2.05) is 31.3 Å². The molecule has 2 N–H and O–H groups in total. The lowest BCUT2D eigenvalue weighted by atomic mass is 10.1. The normalized spacial score (nSPS) is 12.3. The molecule has 0 radical (unpaired) electrons. The van der Waals surface area contributed by atoms with Gasteiger partial charge in [-0.2, -0.15) is 0 Å². The largest absolute Gasteiger partial charge is 0.386 e. The standard InChI is InChI=1S/C18H17FN2O2/c1-21-15-9-5-2-6-12(15)10-16(21)18(23)20-11-17(22)13-7-3-4-8-14(13)19/h2-10,17,22H,11H2,1H3,(H,20,23). The van der Waals surface area contributed by atoms with Crippen molar-refractivity contribution in [1.29, 1.82) is 0 Å². The number of carbonyl (C=O) groups is 1. The van der Waals surface area contributed by atoms with Crippen LogP contribution in [-0.4, -0.2) is 22.1 Å². The summed E-state index contributed by atoms with van der Waals surface area (Å²) in [4.78, 5) is 12.3. The number of rotatable bonds is 4. The molecule has 5 heteroatoms. The number of nitrogens with zero attached hydrogens (tertiary/aromatic N) is 1. The summed E-state index contributed by atoms with van der Waals surface area (Å²) < 4.78 is 15.4. The second kappa shape index (κ2) is 6.22. The van der Waals surface area contributed by atoms with Crippen molar-refractivity contribution >= 4 is 16.8 Å². The van der Waals surface area contributed by atoms with Crippen LogP contribution in [0.25, 0.3) is 10.9 Å². The summed E-state index contributed by atoms with van der Waals surface area (Å²) in [7, 11) is 1.81. The predicted molar refractivity (Wildman–Crippen MR) is 86.6 cm³/mol. The van der Waals surface area contributed by atoms with E-state index in [2.05, 4.69) is 5.32 Å². The fourth-order valence-electron chi connectivity index (χ4n) is 2.64. The Morgan fingerprint density at radius 3 is 2.65 bits per heavy atom. The van der Waals surface area contributed by atoms with Gasteiger partial charge in [0, 0.05) is 30.1 Å². The highest BCUT2D eigenvalue weighted by molar-refractivity contribution is 5.98. The lowest BCUT2D eigenvalue weighted by Crippen LogP contribution is -2.30. The fourth-order valence-corrected chi connectivity index (χ4v) is 2.64. The maximum atomic E-state index is 13.6. The van der Waals surface area contributed by atoms with Crippen molar-refractivity contribution in [2.45, 2.75) is 6.10 Å². The number of para-hydroxylation sites is 1. The van der Waals surface area contributed by atoms with E-state index >= 15 is 0 Å². The van der Waals surface area contributed by atoms with E-state index in [1.54, 1.807) is 22.8 Å². The Labute approximate surface area is 133 Å². The Hall–Kier alpha value is -2.66. The van der Waals surface area contributed by atoms with Crippen LogP contribution >= 0.6 is 0 Å². The quantitative estimate of drug-likeness (QED) is 0.778. The van der Waals surface area contributed by atoms with E-state index in [-0.39, 0.29) is 18.0 Å². The van der Waals surface area contributed by atoms with Gasteiger partial charge in [-0.3, -0.25) is 4.79 Å². The number of hydrogen-bond acceptors (Lipinski definition) is 2. The molecule has 1 unspecified atom stereocenters. The zero-order valence-electron chi connectivity index (χ0n) is 12.7. The first-order valence-corrected chi connectivity index (χ1v) is 7.33. The first-order chi connectivity index (χ1) is 11.1. The molecule has 1 amide bonds. The maximum absolute atomic E-state index is 13.6. The zero-order chi connectivity index (χ0) is 16.4. The average Bonchev–Trinajstić information content (AvgIpc) is 2.90. The molecule has 3 aromatic rings. The summed E-state index contributed by atoms with van der Waals surface area (Å²) in [6.07, 6.45) is -1.09. The Morgan fingerprint density at radius 2 is 1.91 bits per heavy atom. The highest BCUT2D eigenvalue weighted by Crippen LogP contribution is 2.19. The summed E-state index contributed by atoms with van der Waals surface area (Å²) >= 11 is 0. The summed E-state index contributed by atoms with van der Waals surface area (Å²) in [6, 6.07) is 15.5. The molecule has 23 heavy (non-hydrogen) atoms. The maximum Gasteiger partial charge on any atom is 0.268 e. The number of hydrogen-bond donors (Lipinski definition) is 2. The van der Waals surface area contributed by atoms with Crippen LogP contribution in [0, 0.1) is 5.82 Å². The van der Waals surface area contributed by atoms with Gasteiger partial charge in [-0.05, 0) is 18.2 Å². The van der Waals surface area contributed by atoms with Crippen molar-refractivity contribution in [3.63, 3.8) is 0 Å². The van der Waals surface area contributed by atoms with E-state index in [1.165, 1.54) is 12.1 Å². The number of aliphatic hydroxyl groups is 1. The number of amides is 1. The van der Waals surface area contributed by atoms with E-state index < -0.39 is 11.9 Å². The van der Waals surface area contributed by atoms with Crippen molar-refractivity contribution in [1.82, 2.24) is 9.88 Å². The highest BCUT2D eigenvalue weighted by atomic mass is 19.1. The molecule has 0 aliphatic carbocycles. The summed E-state index contributed by atoms with van der Waals surface area (Å²) in [5.41, 5.74) is 1.61. The molecule has 1 atom stereocenters. The fraction of sp³-hybridized carbons (Fsp3) is 0.167. The number of halogens is 1. The van der Waals surface area contributed by atoms with Crippen LogP contribution in [0.4, 0.5) is 4.39 Å². The van der Waals surface area contributed by atoms with Crippen molar-refractivity contribution in [3.05, 3.63) is 71.7 Å². The van der Waals surface area contributed by atoms with Crippen molar-refractivity contribution < 1.29 is 14.3 Å². The molecule has 1 heterocycles. The lowest BCUT2D eigenvalue weighted by molar-refractivity contribution is 0.0906. The molecule has 4 nitrogen and oxygen atoms in total. The molecule has 1 aromatic heterocycles. The number of aryl methyl sites for hydroxylation is 1. The van der Waals surface area contributed by atoms with Crippen LogP contribution < -0.4 is 5.32 Å². The molecular formula is C18H17FN2O2. The number of fused-ring (bicyclic) bond motifs is 1. The minimum absolute atomic E-state index is 0.0543. The van der Waals surface area contributed by atoms with E-state index in [4.69, 9.17) is 0 Å². The molecule has 0 saturated heterocycles. The minimum Gasteiger partial charge on any atom is -0.386 e. The Kier molecular flexibility index (Phi) is 4.12. The van der Waals surface area contributed by atoms with Gasteiger partial charge in [-0.15, -0.1) is 0 Å². The van der Waals surface area contributed by atoms with Gasteiger partial charge in [0.15, 0.2) is 0 Å². The van der Waals surface area contributed by atoms with Crippen LogP contribution in [0.15, 0.2) is 54.6 Å². The monoisotopic (exact) mass is 312 g/mol. The van der Waals surface area contributed by atoms with Crippen LogP contribution in [0.2, 0.25) is 0 Å². The van der Waals surface area contributed by atoms with Crippen molar-refractivity contribution in [2.24, 2.45) is 7.05 Å².